The molecule has 3 atom stereocenters. The number of amides is 3. The van der Waals surface area contributed by atoms with Crippen LogP contribution in [0.2, 0.25) is 0 Å². The fourth-order valence-corrected chi connectivity index (χ4v) is 3.06. The number of rotatable bonds is 6. The molecule has 0 aromatic carbocycles. The van der Waals surface area contributed by atoms with Crippen molar-refractivity contribution in [2.24, 2.45) is 5.73 Å². The first-order chi connectivity index (χ1) is 11.4. The van der Waals surface area contributed by atoms with Gasteiger partial charge < -0.3 is 26.6 Å². The Hall–Kier alpha value is -2.23. The zero-order valence-corrected chi connectivity index (χ0v) is 13.6. The van der Waals surface area contributed by atoms with Crippen LogP contribution in [0.5, 0.6) is 0 Å². The number of hydrogen-bond donors (Lipinski definition) is 5. The molecule has 0 fully saturated rings. The smallest absolute Gasteiger partial charge is 0.247 e. The van der Waals surface area contributed by atoms with Gasteiger partial charge in [0.05, 0.1) is 25.1 Å². The molecule has 0 bridgehead atoms. The number of carbonyl (C=O) groups excluding carboxylic acids is 3. The second-order valence-electron chi connectivity index (χ2n) is 5.45. The lowest BCUT2D eigenvalue weighted by Gasteiger charge is -2.31. The lowest BCUT2D eigenvalue weighted by Crippen LogP contribution is -2.51. The van der Waals surface area contributed by atoms with Gasteiger partial charge in [0.25, 0.3) is 0 Å². The Bertz CT molecular complexity index is 644. The van der Waals surface area contributed by atoms with Gasteiger partial charge in [-0.25, -0.2) is 0 Å². The first-order valence-corrected chi connectivity index (χ1v) is 8.20. The van der Waals surface area contributed by atoms with Crippen molar-refractivity contribution in [2.45, 2.75) is 31.1 Å². The molecule has 0 radical (unpaired) electrons. The van der Waals surface area contributed by atoms with Crippen molar-refractivity contribution in [3.63, 3.8) is 0 Å². The van der Waals surface area contributed by atoms with Gasteiger partial charge in [0, 0.05) is 16.9 Å². The van der Waals surface area contributed by atoms with Crippen molar-refractivity contribution in [3.05, 3.63) is 34.0 Å². The molecule has 130 valence electrons. The number of carbonyl (C=O) groups is 3. The minimum absolute atomic E-state index is 0.0803. The summed E-state index contributed by atoms with van der Waals surface area (Å²) in [5.41, 5.74) is 5.14. The van der Waals surface area contributed by atoms with Gasteiger partial charge in [-0.3, -0.25) is 14.4 Å². The Morgan fingerprint density at radius 1 is 1.33 bits per heavy atom. The van der Waals surface area contributed by atoms with Crippen LogP contribution in [0.4, 0.5) is 0 Å². The number of thiophene rings is 1. The molecular formula is C15H19N3O5S. The van der Waals surface area contributed by atoms with E-state index in [1.54, 1.807) is 0 Å². The van der Waals surface area contributed by atoms with Crippen LogP contribution in [0.15, 0.2) is 29.2 Å². The van der Waals surface area contributed by atoms with Crippen LogP contribution in [0.25, 0.3) is 0 Å². The van der Waals surface area contributed by atoms with Crippen LogP contribution >= 0.6 is 11.3 Å². The van der Waals surface area contributed by atoms with Crippen molar-refractivity contribution in [1.82, 2.24) is 10.6 Å². The quantitative estimate of drug-likeness (QED) is 0.420. The average Bonchev–Trinajstić information content (AvgIpc) is 3.01. The molecule has 8 nitrogen and oxygen atoms in total. The normalized spacial score (nSPS) is 23.2. The lowest BCUT2D eigenvalue weighted by atomic mass is 9.90. The van der Waals surface area contributed by atoms with Crippen molar-refractivity contribution < 1.29 is 24.6 Å². The molecule has 6 N–H and O–H groups in total. The summed E-state index contributed by atoms with van der Waals surface area (Å²) < 4.78 is 0. The summed E-state index contributed by atoms with van der Waals surface area (Å²) in [4.78, 5) is 35.6. The largest absolute Gasteiger partial charge is 0.390 e. The minimum atomic E-state index is -1.22. The monoisotopic (exact) mass is 353 g/mol. The van der Waals surface area contributed by atoms with E-state index in [4.69, 9.17) is 5.73 Å². The van der Waals surface area contributed by atoms with E-state index >= 15 is 0 Å². The molecule has 1 aromatic rings. The maximum absolute atomic E-state index is 12.0. The van der Waals surface area contributed by atoms with E-state index in [1.165, 1.54) is 17.4 Å². The van der Waals surface area contributed by atoms with E-state index < -0.39 is 30.1 Å². The van der Waals surface area contributed by atoms with Gasteiger partial charge in [-0.1, -0.05) is 12.1 Å². The highest BCUT2D eigenvalue weighted by Gasteiger charge is 2.33. The van der Waals surface area contributed by atoms with E-state index in [0.29, 0.717) is 0 Å². The average molecular weight is 353 g/mol. The standard InChI is InChI=1S/C15H19N3O5S/c16-12(20)7-17-15(23)8-4-10(14(22)11(19)5-8)18-13(21)6-9-2-1-3-24-9/h1-4,10-11,14,19,22H,5-7H2,(H2,16,20)(H,17,23)(H,18,21)/t10-,11-,14-/m1/s1. The second-order valence-corrected chi connectivity index (χ2v) is 6.48. The fraction of sp³-hybridized carbons (Fsp3) is 0.400. The molecule has 3 amide bonds. The van der Waals surface area contributed by atoms with Gasteiger partial charge in [-0.05, 0) is 11.4 Å². The second kappa shape index (κ2) is 8.04. The maximum atomic E-state index is 12.0. The van der Waals surface area contributed by atoms with Crippen LogP contribution in [-0.2, 0) is 20.8 Å². The summed E-state index contributed by atoms with van der Waals surface area (Å²) in [5.74, 6) is -1.60. The molecule has 1 heterocycles. The zero-order chi connectivity index (χ0) is 17.7. The fourth-order valence-electron chi connectivity index (χ4n) is 2.35. The van der Waals surface area contributed by atoms with Gasteiger partial charge in [0.2, 0.25) is 17.7 Å². The van der Waals surface area contributed by atoms with E-state index in [9.17, 15) is 24.6 Å². The Kier molecular flexibility index (Phi) is 6.07. The summed E-state index contributed by atoms with van der Waals surface area (Å²) in [7, 11) is 0. The maximum Gasteiger partial charge on any atom is 0.247 e. The van der Waals surface area contributed by atoms with Crippen LogP contribution in [0.3, 0.4) is 0 Å². The van der Waals surface area contributed by atoms with Crippen molar-refractivity contribution in [3.8, 4) is 0 Å². The Morgan fingerprint density at radius 2 is 2.08 bits per heavy atom. The third-order valence-electron chi connectivity index (χ3n) is 3.53. The number of nitrogens with one attached hydrogen (secondary N) is 2. The molecule has 0 spiro atoms. The summed E-state index contributed by atoms with van der Waals surface area (Å²) in [6.45, 7) is -0.329. The highest BCUT2D eigenvalue weighted by molar-refractivity contribution is 7.10. The Balaban J connectivity index is 2.02. The molecule has 1 aromatic heterocycles. The molecule has 0 aliphatic heterocycles. The molecule has 1 aliphatic carbocycles. The molecule has 0 saturated carbocycles. The summed E-state index contributed by atoms with van der Waals surface area (Å²) in [5, 5.41) is 26.7. The minimum Gasteiger partial charge on any atom is -0.390 e. The first kappa shape index (κ1) is 18.1. The molecule has 0 unspecified atom stereocenters. The predicted octanol–water partition coefficient (Wildman–Crippen LogP) is -1.57. The van der Waals surface area contributed by atoms with E-state index in [2.05, 4.69) is 10.6 Å². The number of aliphatic hydroxyl groups is 2. The SMILES string of the molecule is NC(=O)CNC(=O)C1=C[C@@H](NC(=O)Cc2cccs2)[C@@H](O)[C@H](O)C1. The molecule has 2 rings (SSSR count). The van der Waals surface area contributed by atoms with E-state index in [0.717, 1.165) is 4.88 Å². The number of hydrogen-bond acceptors (Lipinski definition) is 6. The van der Waals surface area contributed by atoms with Gasteiger partial charge in [0.1, 0.15) is 6.10 Å². The van der Waals surface area contributed by atoms with Crippen LogP contribution in [0.1, 0.15) is 11.3 Å². The molecule has 9 heteroatoms. The van der Waals surface area contributed by atoms with Gasteiger partial charge in [-0.15, -0.1) is 11.3 Å². The number of nitrogens with two attached hydrogens (primary N) is 1. The van der Waals surface area contributed by atoms with Crippen molar-refractivity contribution >= 4 is 29.1 Å². The molecule has 1 aliphatic rings. The third-order valence-corrected chi connectivity index (χ3v) is 4.41. The molecule has 24 heavy (non-hydrogen) atoms. The number of primary amides is 1. The van der Waals surface area contributed by atoms with E-state index in [-0.39, 0.29) is 30.9 Å². The first-order valence-electron chi connectivity index (χ1n) is 7.32. The topological polar surface area (TPSA) is 142 Å². The predicted molar refractivity (Wildman–Crippen MR) is 86.9 cm³/mol. The third kappa shape index (κ3) is 4.88. The summed E-state index contributed by atoms with van der Waals surface area (Å²) in [6.07, 6.45) is -0.960. The lowest BCUT2D eigenvalue weighted by molar-refractivity contribution is -0.124. The highest BCUT2D eigenvalue weighted by atomic mass is 32.1. The zero-order valence-electron chi connectivity index (χ0n) is 12.8. The van der Waals surface area contributed by atoms with Crippen LogP contribution in [-0.4, -0.2) is 52.7 Å². The molecular weight excluding hydrogens is 334 g/mol. The van der Waals surface area contributed by atoms with Crippen molar-refractivity contribution in [2.75, 3.05) is 6.54 Å². The number of aliphatic hydroxyl groups excluding tert-OH is 2. The summed E-state index contributed by atoms with van der Waals surface area (Å²) in [6, 6.07) is 2.75. The summed E-state index contributed by atoms with van der Waals surface area (Å²) >= 11 is 1.43. The van der Waals surface area contributed by atoms with Crippen LogP contribution in [0, 0.1) is 0 Å². The van der Waals surface area contributed by atoms with E-state index in [1.807, 2.05) is 17.5 Å². The highest BCUT2D eigenvalue weighted by Crippen LogP contribution is 2.20. The molecule has 0 saturated heterocycles. The van der Waals surface area contributed by atoms with Gasteiger partial charge >= 0.3 is 0 Å². The van der Waals surface area contributed by atoms with Gasteiger partial charge in [-0.2, -0.15) is 0 Å². The Labute approximate surface area is 142 Å². The van der Waals surface area contributed by atoms with Gasteiger partial charge in [0.15, 0.2) is 0 Å². The van der Waals surface area contributed by atoms with Crippen LogP contribution < -0.4 is 16.4 Å². The van der Waals surface area contributed by atoms with Crippen molar-refractivity contribution in [1.29, 1.82) is 0 Å². The Morgan fingerprint density at radius 3 is 2.71 bits per heavy atom.